The number of methoxy groups -OCH3 is 2. The Morgan fingerprint density at radius 2 is 0.737 bits per heavy atom. The molecule has 0 atom stereocenters. The first-order valence-electron chi connectivity index (χ1n) is 16.5. The third-order valence-electron chi connectivity index (χ3n) is 7.10. The molecule has 0 unspecified atom stereocenters. The van der Waals surface area contributed by atoms with Gasteiger partial charge in [0.2, 0.25) is 0 Å². The summed E-state index contributed by atoms with van der Waals surface area (Å²) in [5.74, 6) is 11.5. The summed E-state index contributed by atoms with van der Waals surface area (Å²) in [6, 6.07) is 37.7. The molecule has 0 aliphatic rings. The molecule has 57 heavy (non-hydrogen) atoms. The fourth-order valence-electron chi connectivity index (χ4n) is 4.11. The number of halogens is 4. The molecule has 10 heteroatoms. The van der Waals surface area contributed by atoms with E-state index in [4.69, 9.17) is 11.5 Å². The highest BCUT2D eigenvalue weighted by Crippen LogP contribution is 2.11. The lowest BCUT2D eigenvalue weighted by molar-refractivity contribution is 0.0592. The highest BCUT2D eigenvalue weighted by Gasteiger charge is 2.04. The Labute approximate surface area is 337 Å². The van der Waals surface area contributed by atoms with E-state index in [-0.39, 0.29) is 35.0 Å². The van der Waals surface area contributed by atoms with Crippen LogP contribution in [0.2, 0.25) is 0 Å². The minimum Gasteiger partial charge on any atom is -0.478 e. The zero-order chi connectivity index (χ0) is 41.6. The van der Waals surface area contributed by atoms with Gasteiger partial charge in [0.15, 0.2) is 0 Å². The smallest absolute Gasteiger partial charge is 0.337 e. The lowest BCUT2D eigenvalue weighted by Crippen LogP contribution is -2.00. The van der Waals surface area contributed by atoms with E-state index in [1.807, 2.05) is 0 Å². The predicted octanol–water partition coefficient (Wildman–Crippen LogP) is 9.98. The van der Waals surface area contributed by atoms with Crippen LogP contribution in [0, 0.1) is 53.5 Å². The van der Waals surface area contributed by atoms with Crippen molar-refractivity contribution >= 4 is 33.8 Å². The third-order valence-corrected chi connectivity index (χ3v) is 7.63. The van der Waals surface area contributed by atoms with Gasteiger partial charge in [-0.05, 0) is 146 Å². The monoisotopic (exact) mass is 828 g/mol. The van der Waals surface area contributed by atoms with Gasteiger partial charge in [-0.3, -0.25) is 0 Å². The van der Waals surface area contributed by atoms with Crippen molar-refractivity contribution in [3.8, 4) is 36.0 Å². The van der Waals surface area contributed by atoms with Crippen LogP contribution in [0.25, 0.3) is 0 Å². The Balaban J connectivity index is 0.000000212. The normalized spacial score (nSPS) is 9.21. The van der Waals surface area contributed by atoms with Gasteiger partial charge >= 0.3 is 17.9 Å². The van der Waals surface area contributed by atoms with Crippen molar-refractivity contribution in [1.82, 2.24) is 0 Å². The summed E-state index contributed by atoms with van der Waals surface area (Å²) in [6.07, 6.45) is 5.03. The summed E-state index contributed by atoms with van der Waals surface area (Å²) < 4.78 is 47.6. The van der Waals surface area contributed by atoms with Gasteiger partial charge in [0.05, 0.1) is 30.9 Å². The van der Waals surface area contributed by atoms with E-state index in [1.54, 1.807) is 97.1 Å². The summed E-state index contributed by atoms with van der Waals surface area (Å²) >= 11 is 3.26. The molecule has 0 saturated carbocycles. The van der Waals surface area contributed by atoms with Crippen LogP contribution in [-0.2, 0) is 9.47 Å². The molecule has 284 valence electrons. The molecule has 0 heterocycles. The number of carboxylic acids is 1. The van der Waals surface area contributed by atoms with Gasteiger partial charge in [-0.2, -0.15) is 0 Å². The van der Waals surface area contributed by atoms with Gasteiger partial charge in [0, 0.05) is 32.3 Å². The highest BCUT2D eigenvalue weighted by atomic mass is 79.9. The molecule has 6 rings (SSSR count). The average molecular weight is 830 g/mol. The molecule has 6 aromatic rings. The SMILES string of the molecule is C#Cc1ccc(F)cc1.COC(=O)c1ccc(Br)cc1.COC(=O)c1ccc(C#Cc2ccc(F)cc2)cc1.O=C(O)c1ccc(C#Cc2ccc(F)cc2)cc1. The molecule has 0 aromatic heterocycles. The highest BCUT2D eigenvalue weighted by molar-refractivity contribution is 9.10. The van der Waals surface area contributed by atoms with Crippen molar-refractivity contribution in [2.45, 2.75) is 0 Å². The standard InChI is InChI=1S/C16H11FO2.C15H9FO2.C8H7BrO2.C8H5F/c1-19-16(18)14-8-4-12(5-9-14)2-3-13-6-10-15(17)11-7-13;16-14-9-5-12(6-10-14)2-1-11-3-7-13(8-4-11)15(17)18;1-11-8(10)6-2-4-7(9)5-3-6;1-2-7-3-5-8(9)6-4-7/h4-11H,1H3;3-10H,(H,17,18);2-5H,1H3;1,3-6H. The largest absolute Gasteiger partial charge is 0.478 e. The van der Waals surface area contributed by atoms with Crippen LogP contribution >= 0.6 is 15.9 Å². The zero-order valence-electron chi connectivity index (χ0n) is 30.4. The molecule has 0 amide bonds. The molecule has 0 aliphatic heterocycles. The van der Waals surface area contributed by atoms with E-state index in [1.165, 1.54) is 62.8 Å². The number of carbonyl (C=O) groups excluding carboxylic acids is 2. The maximum atomic E-state index is 12.7. The number of hydrogen-bond acceptors (Lipinski definition) is 5. The maximum Gasteiger partial charge on any atom is 0.337 e. The van der Waals surface area contributed by atoms with Gasteiger partial charge in [-0.25, -0.2) is 27.6 Å². The number of rotatable bonds is 3. The number of ether oxygens (including phenoxy) is 2. The number of benzene rings is 6. The molecular weight excluding hydrogens is 797 g/mol. The summed E-state index contributed by atoms with van der Waals surface area (Å²) in [6.45, 7) is 0. The molecule has 6 aromatic carbocycles. The van der Waals surface area contributed by atoms with E-state index in [0.717, 1.165) is 15.6 Å². The summed E-state index contributed by atoms with van der Waals surface area (Å²) in [7, 11) is 2.70. The Bertz CT molecular complexity index is 2400. The predicted molar refractivity (Wildman–Crippen MR) is 216 cm³/mol. The fourth-order valence-corrected chi connectivity index (χ4v) is 4.37. The van der Waals surface area contributed by atoms with Crippen LogP contribution in [0.15, 0.2) is 150 Å². The van der Waals surface area contributed by atoms with Crippen molar-refractivity contribution in [3.63, 3.8) is 0 Å². The Hall–Kier alpha value is -7.32. The second-order valence-electron chi connectivity index (χ2n) is 11.1. The summed E-state index contributed by atoms with van der Waals surface area (Å²) in [5, 5.41) is 8.74. The fraction of sp³-hybridized carbons (Fsp3) is 0.0426. The van der Waals surface area contributed by atoms with Crippen LogP contribution in [0.3, 0.4) is 0 Å². The van der Waals surface area contributed by atoms with Crippen molar-refractivity contribution in [2.75, 3.05) is 14.2 Å². The van der Waals surface area contributed by atoms with E-state index in [2.05, 4.69) is 55.0 Å². The molecule has 1 N–H and O–H groups in total. The Morgan fingerprint density at radius 3 is 1.02 bits per heavy atom. The van der Waals surface area contributed by atoms with Gasteiger partial charge in [0.25, 0.3) is 0 Å². The van der Waals surface area contributed by atoms with Crippen LogP contribution in [0.5, 0.6) is 0 Å². The second kappa shape index (κ2) is 23.5. The third kappa shape index (κ3) is 16.3. The van der Waals surface area contributed by atoms with E-state index in [0.29, 0.717) is 27.8 Å². The van der Waals surface area contributed by atoms with E-state index in [9.17, 15) is 27.6 Å². The minimum atomic E-state index is -0.965. The van der Waals surface area contributed by atoms with Crippen LogP contribution in [-0.4, -0.2) is 37.2 Å². The van der Waals surface area contributed by atoms with Crippen molar-refractivity contribution < 1.29 is 42.1 Å². The maximum absolute atomic E-state index is 12.7. The molecule has 0 spiro atoms. The van der Waals surface area contributed by atoms with Crippen molar-refractivity contribution in [1.29, 1.82) is 0 Å². The number of hydrogen-bond donors (Lipinski definition) is 1. The first-order chi connectivity index (χ1) is 27.4. The molecule has 6 nitrogen and oxygen atoms in total. The van der Waals surface area contributed by atoms with Gasteiger partial charge in [-0.15, -0.1) is 6.42 Å². The van der Waals surface area contributed by atoms with Crippen LogP contribution in [0.4, 0.5) is 13.2 Å². The molecule has 0 fully saturated rings. The first-order valence-corrected chi connectivity index (χ1v) is 17.3. The van der Waals surface area contributed by atoms with Gasteiger partial charge in [-0.1, -0.05) is 45.5 Å². The van der Waals surface area contributed by atoms with E-state index >= 15 is 0 Å². The summed E-state index contributed by atoms with van der Waals surface area (Å²) in [5.41, 5.74) is 4.91. The quantitative estimate of drug-likeness (QED) is 0.141. The van der Waals surface area contributed by atoms with Crippen LogP contribution in [0.1, 0.15) is 58.9 Å². The van der Waals surface area contributed by atoms with Crippen molar-refractivity contribution in [3.05, 3.63) is 212 Å². The zero-order valence-corrected chi connectivity index (χ0v) is 32.0. The lowest BCUT2D eigenvalue weighted by atomic mass is 10.1. The van der Waals surface area contributed by atoms with Gasteiger partial charge < -0.3 is 14.6 Å². The molecular formula is C47H32BrF3O6. The van der Waals surface area contributed by atoms with E-state index < -0.39 is 5.97 Å². The number of aromatic carboxylic acids is 1. The number of esters is 2. The van der Waals surface area contributed by atoms with Crippen LogP contribution < -0.4 is 0 Å². The number of carbonyl (C=O) groups is 3. The van der Waals surface area contributed by atoms with Crippen molar-refractivity contribution in [2.24, 2.45) is 0 Å². The number of carboxylic acid groups (broad SMARTS) is 1. The first kappa shape index (κ1) is 44.1. The second-order valence-corrected chi connectivity index (χ2v) is 12.0. The minimum absolute atomic E-state index is 0.224. The summed E-state index contributed by atoms with van der Waals surface area (Å²) in [4.78, 5) is 32.8. The average Bonchev–Trinajstić information content (AvgIpc) is 3.24. The lowest BCUT2D eigenvalue weighted by Gasteiger charge is -1.98. The Kier molecular flexibility index (Phi) is 18.1. The molecule has 0 aliphatic carbocycles. The molecule has 0 radical (unpaired) electrons. The topological polar surface area (TPSA) is 89.9 Å². The Morgan fingerprint density at radius 1 is 0.474 bits per heavy atom. The number of terminal acetylenes is 1. The molecule has 0 saturated heterocycles. The molecule has 0 bridgehead atoms. The van der Waals surface area contributed by atoms with Gasteiger partial charge in [0.1, 0.15) is 17.5 Å².